The summed E-state index contributed by atoms with van der Waals surface area (Å²) in [5.41, 5.74) is 1.16. The fraction of sp³-hybridized carbons (Fsp3) is 0.438. The van der Waals surface area contributed by atoms with Crippen LogP contribution < -0.4 is 0 Å². The summed E-state index contributed by atoms with van der Waals surface area (Å²) in [6.45, 7) is 5.41. The first-order valence-electron chi connectivity index (χ1n) is 6.66. The quantitative estimate of drug-likeness (QED) is 0.409. The van der Waals surface area contributed by atoms with Crippen LogP contribution in [0.3, 0.4) is 0 Å². The predicted octanol–water partition coefficient (Wildman–Crippen LogP) is 3.35. The van der Waals surface area contributed by atoms with Gasteiger partial charge in [0.15, 0.2) is 0 Å². The number of benzene rings is 1. The van der Waals surface area contributed by atoms with E-state index in [9.17, 15) is 4.79 Å². The molecule has 0 aliphatic heterocycles. The SMILES string of the molecule is CCOC(=O)C[C@@H](C)C=CCOCc1ccccc1. The van der Waals surface area contributed by atoms with Crippen LogP contribution in [0, 0.1) is 5.92 Å². The van der Waals surface area contributed by atoms with Crippen molar-refractivity contribution in [1.82, 2.24) is 0 Å². The number of ether oxygens (including phenoxy) is 2. The minimum atomic E-state index is -0.148. The van der Waals surface area contributed by atoms with Gasteiger partial charge < -0.3 is 9.47 Å². The molecular formula is C16H22O3. The summed E-state index contributed by atoms with van der Waals surface area (Å²) in [5, 5.41) is 0. The molecule has 0 saturated carbocycles. The lowest BCUT2D eigenvalue weighted by molar-refractivity contribution is -0.143. The third kappa shape index (κ3) is 7.42. The number of rotatable bonds is 8. The highest BCUT2D eigenvalue weighted by atomic mass is 16.5. The second-order valence-corrected chi connectivity index (χ2v) is 4.42. The van der Waals surface area contributed by atoms with Gasteiger partial charge in [0, 0.05) is 0 Å². The van der Waals surface area contributed by atoms with Gasteiger partial charge in [-0.25, -0.2) is 0 Å². The zero-order valence-electron chi connectivity index (χ0n) is 11.7. The first-order valence-corrected chi connectivity index (χ1v) is 6.66. The summed E-state index contributed by atoms with van der Waals surface area (Å²) >= 11 is 0. The zero-order valence-corrected chi connectivity index (χ0v) is 11.7. The van der Waals surface area contributed by atoms with Crippen LogP contribution in [0.4, 0.5) is 0 Å². The summed E-state index contributed by atoms with van der Waals surface area (Å²) in [4.78, 5) is 11.2. The molecule has 0 bridgehead atoms. The molecule has 0 N–H and O–H groups in total. The largest absolute Gasteiger partial charge is 0.466 e. The molecule has 3 nitrogen and oxygen atoms in total. The van der Waals surface area contributed by atoms with Crippen LogP contribution in [0.5, 0.6) is 0 Å². The summed E-state index contributed by atoms with van der Waals surface area (Å²) in [7, 11) is 0. The van der Waals surface area contributed by atoms with Crippen LogP contribution in [-0.2, 0) is 20.9 Å². The van der Waals surface area contributed by atoms with Crippen LogP contribution in [0.15, 0.2) is 42.5 Å². The number of carbonyl (C=O) groups excluding carboxylic acids is 1. The van der Waals surface area contributed by atoms with Gasteiger partial charge in [-0.05, 0) is 18.4 Å². The first kappa shape index (κ1) is 15.4. The van der Waals surface area contributed by atoms with Gasteiger partial charge in [-0.1, -0.05) is 49.4 Å². The standard InChI is InChI=1S/C16H22O3/c1-3-19-16(17)12-14(2)8-7-11-18-13-15-9-5-4-6-10-15/h4-10,14H,3,11-13H2,1-2H3/t14-/m0/s1. The van der Waals surface area contributed by atoms with Crippen LogP contribution in [0.1, 0.15) is 25.8 Å². The molecule has 0 radical (unpaired) electrons. The summed E-state index contributed by atoms with van der Waals surface area (Å²) in [6, 6.07) is 10.0. The Morgan fingerprint density at radius 3 is 2.74 bits per heavy atom. The van der Waals surface area contributed by atoms with E-state index in [0.717, 1.165) is 5.56 Å². The van der Waals surface area contributed by atoms with E-state index in [-0.39, 0.29) is 11.9 Å². The summed E-state index contributed by atoms with van der Waals surface area (Å²) in [6.07, 6.45) is 4.36. The van der Waals surface area contributed by atoms with E-state index in [2.05, 4.69) is 0 Å². The van der Waals surface area contributed by atoms with Gasteiger partial charge in [-0.3, -0.25) is 4.79 Å². The maximum absolute atomic E-state index is 11.2. The molecule has 104 valence electrons. The maximum Gasteiger partial charge on any atom is 0.306 e. The van der Waals surface area contributed by atoms with E-state index in [1.54, 1.807) is 0 Å². The molecule has 0 amide bonds. The Bertz CT molecular complexity index is 384. The molecule has 1 aromatic rings. The third-order valence-electron chi connectivity index (χ3n) is 2.58. The number of hydrogen-bond donors (Lipinski definition) is 0. The number of allylic oxidation sites excluding steroid dienone is 1. The topological polar surface area (TPSA) is 35.5 Å². The van der Waals surface area contributed by atoms with Gasteiger partial charge in [-0.2, -0.15) is 0 Å². The van der Waals surface area contributed by atoms with Crippen LogP contribution in [0.25, 0.3) is 0 Å². The molecule has 3 heteroatoms. The monoisotopic (exact) mass is 262 g/mol. The van der Waals surface area contributed by atoms with Crippen molar-refractivity contribution in [2.24, 2.45) is 5.92 Å². The van der Waals surface area contributed by atoms with Crippen molar-refractivity contribution in [2.45, 2.75) is 26.9 Å². The van der Waals surface area contributed by atoms with Gasteiger partial charge in [-0.15, -0.1) is 0 Å². The lowest BCUT2D eigenvalue weighted by atomic mass is 10.1. The molecule has 0 aromatic heterocycles. The van der Waals surface area contributed by atoms with E-state index in [1.807, 2.05) is 56.3 Å². The minimum absolute atomic E-state index is 0.148. The van der Waals surface area contributed by atoms with Crippen molar-refractivity contribution >= 4 is 5.97 Å². The van der Waals surface area contributed by atoms with Crippen molar-refractivity contribution in [3.8, 4) is 0 Å². The third-order valence-corrected chi connectivity index (χ3v) is 2.58. The predicted molar refractivity (Wildman–Crippen MR) is 75.7 cm³/mol. The van der Waals surface area contributed by atoms with E-state index >= 15 is 0 Å². The number of hydrogen-bond acceptors (Lipinski definition) is 3. The van der Waals surface area contributed by atoms with Crippen molar-refractivity contribution in [2.75, 3.05) is 13.2 Å². The second kappa shape index (κ2) is 9.34. The average molecular weight is 262 g/mol. The molecule has 0 heterocycles. The highest BCUT2D eigenvalue weighted by molar-refractivity contribution is 5.69. The lowest BCUT2D eigenvalue weighted by Gasteiger charge is -2.05. The van der Waals surface area contributed by atoms with Crippen molar-refractivity contribution in [3.63, 3.8) is 0 Å². The molecule has 0 aliphatic rings. The molecule has 0 fully saturated rings. The summed E-state index contributed by atoms with van der Waals surface area (Å²) < 4.78 is 10.4. The van der Waals surface area contributed by atoms with Gasteiger partial charge >= 0.3 is 5.97 Å². The molecular weight excluding hydrogens is 240 g/mol. The number of esters is 1. The fourth-order valence-corrected chi connectivity index (χ4v) is 1.66. The van der Waals surface area contributed by atoms with Gasteiger partial charge in [0.25, 0.3) is 0 Å². The Morgan fingerprint density at radius 1 is 1.32 bits per heavy atom. The highest BCUT2D eigenvalue weighted by Crippen LogP contribution is 2.05. The molecule has 0 spiro atoms. The van der Waals surface area contributed by atoms with Crippen molar-refractivity contribution in [1.29, 1.82) is 0 Å². The van der Waals surface area contributed by atoms with Crippen LogP contribution in [-0.4, -0.2) is 19.2 Å². The summed E-state index contributed by atoms with van der Waals surface area (Å²) in [5.74, 6) is 0.0317. The second-order valence-electron chi connectivity index (χ2n) is 4.42. The lowest BCUT2D eigenvalue weighted by Crippen LogP contribution is -2.07. The highest BCUT2D eigenvalue weighted by Gasteiger charge is 2.06. The smallest absolute Gasteiger partial charge is 0.306 e. The normalized spacial score (nSPS) is 12.5. The molecule has 1 rings (SSSR count). The molecule has 0 saturated heterocycles. The molecule has 1 atom stereocenters. The van der Waals surface area contributed by atoms with Crippen molar-refractivity contribution < 1.29 is 14.3 Å². The Kier molecular flexibility index (Phi) is 7.59. The first-order chi connectivity index (χ1) is 9.22. The van der Waals surface area contributed by atoms with E-state index < -0.39 is 0 Å². The van der Waals surface area contributed by atoms with Crippen LogP contribution >= 0.6 is 0 Å². The minimum Gasteiger partial charge on any atom is -0.466 e. The van der Waals surface area contributed by atoms with Gasteiger partial charge in [0.05, 0.1) is 26.2 Å². The Labute approximate surface area is 115 Å². The molecule has 1 aromatic carbocycles. The van der Waals surface area contributed by atoms with Gasteiger partial charge in [0.1, 0.15) is 0 Å². The zero-order chi connectivity index (χ0) is 13.9. The Hall–Kier alpha value is -1.61. The molecule has 19 heavy (non-hydrogen) atoms. The van der Waals surface area contributed by atoms with E-state index in [0.29, 0.717) is 26.2 Å². The molecule has 0 unspecified atom stereocenters. The number of carbonyl (C=O) groups is 1. The van der Waals surface area contributed by atoms with E-state index in [4.69, 9.17) is 9.47 Å². The molecule has 0 aliphatic carbocycles. The van der Waals surface area contributed by atoms with Gasteiger partial charge in [0.2, 0.25) is 0 Å². The fourth-order valence-electron chi connectivity index (χ4n) is 1.66. The average Bonchev–Trinajstić information content (AvgIpc) is 2.39. The van der Waals surface area contributed by atoms with Crippen LogP contribution in [0.2, 0.25) is 0 Å². The maximum atomic E-state index is 11.2. The van der Waals surface area contributed by atoms with E-state index in [1.165, 1.54) is 0 Å². The Morgan fingerprint density at radius 2 is 2.05 bits per heavy atom. The van der Waals surface area contributed by atoms with Crippen molar-refractivity contribution in [3.05, 3.63) is 48.0 Å². The Balaban J connectivity index is 2.14.